The summed E-state index contributed by atoms with van der Waals surface area (Å²) in [6, 6.07) is 6.07. The molecule has 73 heavy (non-hydrogen) atoms. The van der Waals surface area contributed by atoms with Crippen molar-refractivity contribution in [1.29, 1.82) is 0 Å². The summed E-state index contributed by atoms with van der Waals surface area (Å²) >= 11 is 0. The number of aromatic nitrogens is 6. The van der Waals surface area contributed by atoms with E-state index < -0.39 is 108 Å². The molecule has 3 aliphatic heterocycles. The molecule has 0 aliphatic carbocycles. The van der Waals surface area contributed by atoms with E-state index in [1.165, 1.54) is 63.9 Å². The first-order valence-corrected chi connectivity index (χ1v) is 27.3. The average Bonchev–Trinajstić information content (AvgIpc) is 4.13. The van der Waals surface area contributed by atoms with Crippen molar-refractivity contribution in [1.82, 2.24) is 34.0 Å². The van der Waals surface area contributed by atoms with Gasteiger partial charge in [-0.1, -0.05) is 71.7 Å². The van der Waals surface area contributed by atoms with Gasteiger partial charge < -0.3 is 59.7 Å². The number of imidazole rings is 1. The number of anilines is 2. The summed E-state index contributed by atoms with van der Waals surface area (Å²) in [5, 5.41) is 15.5. The number of hydrogen-bond acceptors (Lipinski definition) is 24. The highest BCUT2D eigenvalue weighted by molar-refractivity contribution is 8.77. The van der Waals surface area contributed by atoms with E-state index in [1.54, 1.807) is 12.1 Å². The van der Waals surface area contributed by atoms with Gasteiger partial charge in [0.2, 0.25) is 0 Å². The van der Waals surface area contributed by atoms with Gasteiger partial charge in [0.05, 0.1) is 19.5 Å². The SMILES string of the molecule is CN(C(=O)OCc1ccc(N=[N+]=[N-])cc1)C(CSSC(C)(C)C)C(=O)O[C@H]1[C@@H](O)[C@H](n2cnc3c(N)ncnc32)O[C@H]1COP(=O)(O)O[C@H]1[C@@H](O[C@@H]2CCCO2)[C@H](n2ccc(N)nc2=O)O[C@@H]1COP(=O)(O)O. The van der Waals surface area contributed by atoms with E-state index in [4.69, 9.17) is 59.0 Å². The van der Waals surface area contributed by atoms with Gasteiger partial charge in [-0.3, -0.25) is 27.6 Å². The number of aliphatic hydroxyl groups is 1. The molecule has 3 fully saturated rings. The Morgan fingerprint density at radius 3 is 2.40 bits per heavy atom. The van der Waals surface area contributed by atoms with E-state index in [0.29, 0.717) is 24.1 Å². The van der Waals surface area contributed by atoms with Crippen molar-refractivity contribution in [3.8, 4) is 0 Å². The van der Waals surface area contributed by atoms with Crippen molar-refractivity contribution in [2.45, 2.75) is 106 Å². The number of nitrogen functional groups attached to an aromatic ring is 2. The van der Waals surface area contributed by atoms with Crippen molar-refractivity contribution in [3.63, 3.8) is 0 Å². The molecule has 2 unspecified atom stereocenters. The predicted octanol–water partition coefficient (Wildman–Crippen LogP) is 3.21. The quantitative estimate of drug-likeness (QED) is 0.0174. The number of rotatable bonds is 21. The molecule has 3 aromatic heterocycles. The lowest BCUT2D eigenvalue weighted by atomic mass is 10.1. The predicted molar refractivity (Wildman–Crippen MR) is 256 cm³/mol. The van der Waals surface area contributed by atoms with Gasteiger partial charge in [0, 0.05) is 47.4 Å². The van der Waals surface area contributed by atoms with Crippen LogP contribution in [0, 0.1) is 0 Å². The van der Waals surface area contributed by atoms with Crippen LogP contribution in [0.4, 0.5) is 22.1 Å². The number of azide groups is 1. The second-order valence-corrected chi connectivity index (χ2v) is 23.1. The van der Waals surface area contributed by atoms with Crippen LogP contribution in [-0.4, -0.2) is 152 Å². The maximum Gasteiger partial charge on any atom is 0.472 e. The lowest BCUT2D eigenvalue weighted by molar-refractivity contribution is -0.181. The third-order valence-electron chi connectivity index (χ3n) is 10.9. The van der Waals surface area contributed by atoms with Crippen LogP contribution in [0.1, 0.15) is 51.6 Å². The van der Waals surface area contributed by atoms with E-state index >= 15 is 0 Å². The first kappa shape index (κ1) is 55.8. The van der Waals surface area contributed by atoms with Crippen molar-refractivity contribution < 1.29 is 80.5 Å². The summed E-state index contributed by atoms with van der Waals surface area (Å²) in [6.45, 7) is 3.90. The number of aliphatic hydroxyl groups excluding tert-OH is 1. The first-order chi connectivity index (χ1) is 34.5. The zero-order chi connectivity index (χ0) is 52.8. The Morgan fingerprint density at radius 2 is 1.73 bits per heavy atom. The number of nitrogens with zero attached hydrogens (tertiary/aromatic N) is 10. The molecule has 3 saturated heterocycles. The molecule has 8 N–H and O–H groups in total. The fourth-order valence-electron chi connectivity index (χ4n) is 7.51. The number of ether oxygens (including phenoxy) is 6. The Kier molecular flexibility index (Phi) is 18.1. The monoisotopic (exact) mass is 1100 g/mol. The van der Waals surface area contributed by atoms with Gasteiger partial charge in [0.1, 0.15) is 60.8 Å². The van der Waals surface area contributed by atoms with Gasteiger partial charge in [-0.15, -0.1) is 0 Å². The van der Waals surface area contributed by atoms with Gasteiger partial charge in [-0.2, -0.15) is 4.98 Å². The number of amides is 1. The molecule has 34 heteroatoms. The first-order valence-electron chi connectivity index (χ1n) is 21.9. The lowest BCUT2D eigenvalue weighted by Crippen LogP contribution is -2.48. The molecule has 3 aliphatic rings. The van der Waals surface area contributed by atoms with Crippen molar-refractivity contribution in [2.75, 3.05) is 44.1 Å². The topological polar surface area (TPSA) is 415 Å². The number of likely N-dealkylation sites (N-methyl/N-ethyl adjacent to an activating group) is 1. The smallest absolute Gasteiger partial charge is 0.455 e. The summed E-state index contributed by atoms with van der Waals surface area (Å²) < 4.78 is 79.1. The van der Waals surface area contributed by atoms with Crippen LogP contribution in [0.25, 0.3) is 21.6 Å². The van der Waals surface area contributed by atoms with E-state index in [-0.39, 0.29) is 46.5 Å². The second kappa shape index (κ2) is 23.7. The highest BCUT2D eigenvalue weighted by atomic mass is 33.1. The van der Waals surface area contributed by atoms with Gasteiger partial charge in [-0.25, -0.2) is 38.5 Å². The van der Waals surface area contributed by atoms with Crippen LogP contribution < -0.4 is 17.2 Å². The Hall–Kier alpha value is -4.98. The van der Waals surface area contributed by atoms with E-state index in [0.717, 1.165) is 15.8 Å². The molecule has 30 nitrogen and oxygen atoms in total. The normalized spacial score (nSPS) is 25.5. The summed E-state index contributed by atoms with van der Waals surface area (Å²) in [5.41, 5.74) is 20.6. The zero-order valence-corrected chi connectivity index (χ0v) is 42.6. The van der Waals surface area contributed by atoms with E-state index in [2.05, 4.69) is 30.0 Å². The molecule has 11 atom stereocenters. The number of fused-ring (bicyclic) bond motifs is 1. The Morgan fingerprint density at radius 1 is 1.01 bits per heavy atom. The Labute approximate surface area is 422 Å². The lowest BCUT2D eigenvalue weighted by Gasteiger charge is -2.30. The van der Waals surface area contributed by atoms with Crippen LogP contribution in [0.3, 0.4) is 0 Å². The maximum atomic E-state index is 14.4. The van der Waals surface area contributed by atoms with Crippen LogP contribution >= 0.6 is 37.2 Å². The molecule has 4 aromatic rings. The molecule has 1 aromatic carbocycles. The summed E-state index contributed by atoms with van der Waals surface area (Å²) in [6.07, 6.45) is -10.7. The third-order valence-corrected chi connectivity index (χ3v) is 15.7. The Balaban J connectivity index is 1.15. The van der Waals surface area contributed by atoms with Gasteiger partial charge in [-0.05, 0) is 23.6 Å². The van der Waals surface area contributed by atoms with E-state index in [1.807, 2.05) is 20.8 Å². The van der Waals surface area contributed by atoms with Gasteiger partial charge >= 0.3 is 33.4 Å². The molecule has 398 valence electrons. The number of hydrogen-bond donors (Lipinski definition) is 6. The molecule has 7 rings (SSSR count). The number of esters is 1. The molecular weight excluding hydrogens is 1050 g/mol. The highest BCUT2D eigenvalue weighted by Crippen LogP contribution is 2.51. The molecule has 6 heterocycles. The van der Waals surface area contributed by atoms with Crippen LogP contribution in [0.5, 0.6) is 0 Å². The minimum Gasteiger partial charge on any atom is -0.455 e. The number of benzene rings is 1. The molecular formula is C39H52N12O18P2S2. The van der Waals surface area contributed by atoms with Gasteiger partial charge in [0.25, 0.3) is 0 Å². The number of phosphoric ester groups is 2. The van der Waals surface area contributed by atoms with Crippen molar-refractivity contribution in [3.05, 3.63) is 75.7 Å². The van der Waals surface area contributed by atoms with Crippen molar-refractivity contribution >= 4 is 77.8 Å². The molecule has 0 spiro atoms. The standard InChI is InChI=1S/C39H52N12O18P2S2/c1-39(2,3)73-72-17-22(49(4)38(55)62-14-20-7-9-21(10-8-20)47-48-42)36(53)68-29-23(65-34(28(29)52)51-19-45-27-32(41)43-18-44-33(27)51)16-64-71(59,60)69-30-24(15-63-70(56,57)58)66-35(31(30)67-26-6-5-13-61-26)50-12-11-25(40)46-37(50)54/h7-12,18-19,22-24,26,28-31,34-35,52H,5-6,13-17H2,1-4H3,(H,59,60)(H2,40,46,54)(H2,41,43,44)(H2,56,57,58)/t22?,23-,24+,26+,28+,29+,30+,31+,34+,35+/m0/s1. The van der Waals surface area contributed by atoms with Crippen LogP contribution in [-0.2, 0) is 62.5 Å². The van der Waals surface area contributed by atoms with Crippen LogP contribution in [0.15, 0.2) is 59.1 Å². The van der Waals surface area contributed by atoms with Crippen LogP contribution in [0.2, 0.25) is 0 Å². The summed E-state index contributed by atoms with van der Waals surface area (Å²) in [4.78, 5) is 91.4. The van der Waals surface area contributed by atoms with E-state index in [9.17, 15) is 43.3 Å². The highest BCUT2D eigenvalue weighted by Gasteiger charge is 2.54. The maximum absolute atomic E-state index is 14.4. The molecule has 1 amide bonds. The van der Waals surface area contributed by atoms with Crippen molar-refractivity contribution in [2.24, 2.45) is 5.11 Å². The summed E-state index contributed by atoms with van der Waals surface area (Å²) in [5.74, 6) is -1.30. The zero-order valence-electron chi connectivity index (χ0n) is 39.2. The largest absolute Gasteiger partial charge is 0.472 e. The van der Waals surface area contributed by atoms with Gasteiger partial charge in [0.15, 0.2) is 36.3 Å². The summed E-state index contributed by atoms with van der Waals surface area (Å²) in [7, 11) is -6.73. The fourth-order valence-corrected chi connectivity index (χ4v) is 11.4. The number of carbonyl (C=O) groups is 2. The minimum absolute atomic E-state index is 0.0204. The number of carbonyl (C=O) groups excluding carboxylic acids is 2. The fraction of sp³-hybridized carbons (Fsp3) is 0.564. The molecule has 0 saturated carbocycles. The second-order valence-electron chi connectivity index (χ2n) is 17.3. The number of nitrogens with two attached hydrogens (primary N) is 2. The number of phosphoric acid groups is 2. The average molecular weight is 1100 g/mol. The molecule has 0 radical (unpaired) electrons. The molecule has 0 bridgehead atoms. The Bertz CT molecular complexity index is 2790. The third kappa shape index (κ3) is 14.5. The minimum atomic E-state index is -5.47.